The summed E-state index contributed by atoms with van der Waals surface area (Å²) in [6.45, 7) is 4.03. The van der Waals surface area contributed by atoms with Gasteiger partial charge in [0.05, 0.1) is 21.8 Å². The highest BCUT2D eigenvalue weighted by molar-refractivity contribution is 8.04. The molecule has 0 unspecified atom stereocenters. The molecule has 168 valence electrons. The van der Waals surface area contributed by atoms with Crippen molar-refractivity contribution in [2.75, 3.05) is 26.2 Å². The summed E-state index contributed by atoms with van der Waals surface area (Å²) in [5, 5.41) is 5.56. The minimum absolute atomic E-state index is 0.0196. The van der Waals surface area contributed by atoms with Gasteiger partial charge in [0, 0.05) is 30.2 Å². The number of hydrogen-bond donors (Lipinski definition) is 2. The van der Waals surface area contributed by atoms with E-state index in [1.54, 1.807) is 0 Å². The number of carbonyl (C=O) groups excluding carboxylic acids is 1. The Morgan fingerprint density at radius 2 is 2.03 bits per heavy atom. The molecule has 2 N–H and O–H groups in total. The number of aromatic nitrogens is 3. The number of pyridine rings is 1. The number of imidazole rings is 1. The molecular formula is C26H27N5OS. The van der Waals surface area contributed by atoms with Gasteiger partial charge in [-0.15, -0.1) is 0 Å². The Morgan fingerprint density at radius 1 is 1.15 bits per heavy atom. The molecule has 33 heavy (non-hydrogen) atoms. The summed E-state index contributed by atoms with van der Waals surface area (Å²) in [7, 11) is 0. The summed E-state index contributed by atoms with van der Waals surface area (Å²) in [6, 6.07) is 14.5. The number of nitrogens with one attached hydrogen (secondary N) is 2. The van der Waals surface area contributed by atoms with Crippen LogP contribution in [0.4, 0.5) is 0 Å². The average Bonchev–Trinajstić information content (AvgIpc) is 3.47. The molecule has 2 aliphatic rings. The third-order valence-electron chi connectivity index (χ3n) is 6.87. The molecule has 0 aliphatic carbocycles. The van der Waals surface area contributed by atoms with Gasteiger partial charge in [-0.05, 0) is 68.1 Å². The monoisotopic (exact) mass is 457 g/mol. The van der Waals surface area contributed by atoms with E-state index >= 15 is 0 Å². The molecule has 0 radical (unpaired) electrons. The van der Waals surface area contributed by atoms with Crippen LogP contribution in [0.3, 0.4) is 0 Å². The van der Waals surface area contributed by atoms with Gasteiger partial charge in [-0.3, -0.25) is 9.20 Å². The molecule has 0 atom stereocenters. The number of nitrogens with zero attached hydrogens (tertiary/aromatic N) is 3. The van der Waals surface area contributed by atoms with Gasteiger partial charge < -0.3 is 15.2 Å². The van der Waals surface area contributed by atoms with Crippen molar-refractivity contribution < 1.29 is 4.79 Å². The van der Waals surface area contributed by atoms with Crippen LogP contribution in [0, 0.1) is 5.92 Å². The fourth-order valence-electron chi connectivity index (χ4n) is 4.95. The summed E-state index contributed by atoms with van der Waals surface area (Å²) >= 11 is 1.52. The number of para-hydroxylation sites is 1. The zero-order chi connectivity index (χ0) is 22.2. The van der Waals surface area contributed by atoms with Gasteiger partial charge in [-0.2, -0.15) is 0 Å². The van der Waals surface area contributed by atoms with Crippen molar-refractivity contribution in [1.29, 1.82) is 0 Å². The number of thioether (sulfide) groups is 1. The van der Waals surface area contributed by atoms with Crippen molar-refractivity contribution in [3.8, 4) is 0 Å². The Balaban J connectivity index is 0.989. The van der Waals surface area contributed by atoms with Crippen LogP contribution in [0.15, 0.2) is 64.8 Å². The number of carbonyl (C=O) groups is 1. The molecule has 7 heteroatoms. The largest absolute Gasteiger partial charge is 0.361 e. The second kappa shape index (κ2) is 8.72. The van der Waals surface area contributed by atoms with Crippen LogP contribution in [-0.2, 0) is 11.2 Å². The molecule has 0 spiro atoms. The van der Waals surface area contributed by atoms with Crippen LogP contribution < -0.4 is 5.32 Å². The smallest absolute Gasteiger partial charge is 0.258 e. The lowest BCUT2D eigenvalue weighted by atomic mass is 9.96. The SMILES string of the molecule is O=C(NCC1CCN(CCc2c[nH]c3ccccc23)CC1)C1=Cc2cnc3cccc(n23)S1. The quantitative estimate of drug-likeness (QED) is 0.452. The minimum atomic E-state index is 0.0196. The zero-order valence-corrected chi connectivity index (χ0v) is 19.3. The third kappa shape index (κ3) is 4.07. The fourth-order valence-corrected chi connectivity index (χ4v) is 5.96. The van der Waals surface area contributed by atoms with Crippen LogP contribution in [0.5, 0.6) is 0 Å². The molecule has 4 aromatic rings. The van der Waals surface area contributed by atoms with Crippen molar-refractivity contribution in [2.45, 2.75) is 24.3 Å². The number of fused-ring (bicyclic) bond motifs is 1. The van der Waals surface area contributed by atoms with E-state index in [1.165, 1.54) is 28.2 Å². The van der Waals surface area contributed by atoms with Gasteiger partial charge in [0.2, 0.25) is 0 Å². The molecule has 5 heterocycles. The van der Waals surface area contributed by atoms with Crippen LogP contribution in [0.1, 0.15) is 24.1 Å². The van der Waals surface area contributed by atoms with Gasteiger partial charge >= 0.3 is 0 Å². The molecule has 0 bridgehead atoms. The predicted molar refractivity (Wildman–Crippen MR) is 133 cm³/mol. The van der Waals surface area contributed by atoms with Gasteiger partial charge in [0.25, 0.3) is 5.91 Å². The molecule has 1 saturated heterocycles. The lowest BCUT2D eigenvalue weighted by Crippen LogP contribution is -2.39. The topological polar surface area (TPSA) is 65.4 Å². The van der Waals surface area contributed by atoms with E-state index in [-0.39, 0.29) is 5.91 Å². The van der Waals surface area contributed by atoms with Crippen molar-refractivity contribution in [3.05, 3.63) is 71.0 Å². The molecule has 1 fully saturated rings. The third-order valence-corrected chi connectivity index (χ3v) is 7.92. The molecule has 0 saturated carbocycles. The maximum Gasteiger partial charge on any atom is 0.258 e. The van der Waals surface area contributed by atoms with Gasteiger partial charge in [-0.25, -0.2) is 4.98 Å². The van der Waals surface area contributed by atoms with Crippen molar-refractivity contribution >= 4 is 40.3 Å². The Kier molecular flexibility index (Phi) is 5.44. The first-order valence-electron chi connectivity index (χ1n) is 11.7. The van der Waals surface area contributed by atoms with E-state index in [0.717, 1.165) is 66.7 Å². The first-order valence-corrected chi connectivity index (χ1v) is 12.5. The summed E-state index contributed by atoms with van der Waals surface area (Å²) in [6.07, 6.45) is 9.26. The summed E-state index contributed by atoms with van der Waals surface area (Å²) in [4.78, 5) is 24.0. The lowest BCUT2D eigenvalue weighted by molar-refractivity contribution is -0.117. The highest BCUT2D eigenvalue weighted by atomic mass is 32.2. The summed E-state index contributed by atoms with van der Waals surface area (Å²) < 4.78 is 2.09. The zero-order valence-electron chi connectivity index (χ0n) is 18.5. The first kappa shape index (κ1) is 20.6. The van der Waals surface area contributed by atoms with E-state index in [4.69, 9.17) is 0 Å². The Labute approximate surface area is 197 Å². The number of amides is 1. The van der Waals surface area contributed by atoms with Crippen molar-refractivity contribution in [1.82, 2.24) is 24.6 Å². The maximum absolute atomic E-state index is 12.9. The first-order chi connectivity index (χ1) is 16.2. The fraction of sp³-hybridized carbons (Fsp3) is 0.308. The van der Waals surface area contributed by atoms with Crippen LogP contribution in [-0.4, -0.2) is 51.4 Å². The Hall–Kier alpha value is -3.03. The number of hydrogen-bond acceptors (Lipinski definition) is 4. The number of likely N-dealkylation sites (tertiary alicyclic amines) is 1. The number of benzene rings is 1. The molecule has 1 amide bonds. The predicted octanol–water partition coefficient (Wildman–Crippen LogP) is 4.33. The van der Waals surface area contributed by atoms with Crippen molar-refractivity contribution in [2.24, 2.45) is 5.92 Å². The van der Waals surface area contributed by atoms with Crippen LogP contribution in [0.25, 0.3) is 22.6 Å². The van der Waals surface area contributed by atoms with E-state index in [2.05, 4.69) is 55.0 Å². The number of rotatable bonds is 6. The summed E-state index contributed by atoms with van der Waals surface area (Å²) in [5.41, 5.74) is 4.50. The van der Waals surface area contributed by atoms with Crippen LogP contribution >= 0.6 is 11.8 Å². The highest BCUT2D eigenvalue weighted by Crippen LogP contribution is 2.34. The van der Waals surface area contributed by atoms with Gasteiger partial charge in [0.1, 0.15) is 5.65 Å². The van der Waals surface area contributed by atoms with E-state index in [1.807, 2.05) is 30.5 Å². The normalized spacial score (nSPS) is 16.9. The van der Waals surface area contributed by atoms with E-state index in [9.17, 15) is 4.79 Å². The standard InChI is InChI=1S/C26H27N5OS/c32-26(23-14-20-17-28-24-6-3-7-25(33-23)31(20)24)29-15-18-8-11-30(12-9-18)13-10-19-16-27-22-5-2-1-4-21(19)22/h1-7,14,16-18,27H,8-13,15H2,(H,29,32). The molecule has 6 nitrogen and oxygen atoms in total. The second-order valence-corrected chi connectivity index (χ2v) is 10.0. The Morgan fingerprint density at radius 3 is 2.94 bits per heavy atom. The van der Waals surface area contributed by atoms with E-state index < -0.39 is 0 Å². The van der Waals surface area contributed by atoms with Gasteiger partial charge in [0.15, 0.2) is 0 Å². The summed E-state index contributed by atoms with van der Waals surface area (Å²) in [5.74, 6) is 0.563. The highest BCUT2D eigenvalue weighted by Gasteiger charge is 2.23. The number of piperidine rings is 1. The second-order valence-electron chi connectivity index (χ2n) is 8.96. The van der Waals surface area contributed by atoms with Crippen molar-refractivity contribution in [3.63, 3.8) is 0 Å². The molecule has 1 aromatic carbocycles. The maximum atomic E-state index is 12.9. The molecule has 6 rings (SSSR count). The van der Waals surface area contributed by atoms with Gasteiger partial charge in [-0.1, -0.05) is 36.0 Å². The lowest BCUT2D eigenvalue weighted by Gasteiger charge is -2.32. The van der Waals surface area contributed by atoms with E-state index in [0.29, 0.717) is 5.92 Å². The molecular weight excluding hydrogens is 430 g/mol. The minimum Gasteiger partial charge on any atom is -0.361 e. The molecule has 2 aliphatic heterocycles. The number of H-pyrrole nitrogens is 1. The molecule has 3 aromatic heterocycles. The average molecular weight is 458 g/mol. The van der Waals surface area contributed by atoms with Crippen LogP contribution in [0.2, 0.25) is 0 Å². The Bertz CT molecular complexity index is 1350. The number of aromatic amines is 1.